The van der Waals surface area contributed by atoms with Gasteiger partial charge in [-0.2, -0.15) is 0 Å². The molecule has 4 nitrogen and oxygen atoms in total. The van der Waals surface area contributed by atoms with Gasteiger partial charge in [0.05, 0.1) is 18.4 Å². The summed E-state index contributed by atoms with van der Waals surface area (Å²) in [5.41, 5.74) is 2.06. The van der Waals surface area contributed by atoms with E-state index in [0.717, 1.165) is 36.8 Å². The van der Waals surface area contributed by atoms with E-state index in [9.17, 15) is 9.90 Å². The number of hydrogen-bond acceptors (Lipinski definition) is 3. The van der Waals surface area contributed by atoms with Crippen LogP contribution < -0.4 is 10.1 Å². The first-order valence-electron chi connectivity index (χ1n) is 9.53. The van der Waals surface area contributed by atoms with Crippen LogP contribution in [0.2, 0.25) is 0 Å². The van der Waals surface area contributed by atoms with E-state index < -0.39 is 0 Å². The van der Waals surface area contributed by atoms with Gasteiger partial charge < -0.3 is 15.2 Å². The summed E-state index contributed by atoms with van der Waals surface area (Å²) in [6.07, 6.45) is 3.89. The van der Waals surface area contributed by atoms with Crippen molar-refractivity contribution in [2.24, 2.45) is 5.92 Å². The number of carbonyl (C=O) groups is 1. The lowest BCUT2D eigenvalue weighted by molar-refractivity contribution is -0.115. The van der Waals surface area contributed by atoms with E-state index in [1.54, 1.807) is 12.1 Å². The lowest BCUT2D eigenvalue weighted by Gasteiger charge is -2.13. The fourth-order valence-corrected chi connectivity index (χ4v) is 2.87. The predicted molar refractivity (Wildman–Crippen MR) is 110 cm³/mol. The molecule has 2 aromatic carbocycles. The van der Waals surface area contributed by atoms with Crippen molar-refractivity contribution in [1.29, 1.82) is 0 Å². The van der Waals surface area contributed by atoms with Gasteiger partial charge >= 0.3 is 0 Å². The van der Waals surface area contributed by atoms with Crippen molar-refractivity contribution in [2.45, 2.75) is 33.1 Å². The molecule has 1 atom stereocenters. The van der Waals surface area contributed by atoms with E-state index in [0.29, 0.717) is 24.6 Å². The fourth-order valence-electron chi connectivity index (χ4n) is 2.87. The zero-order valence-corrected chi connectivity index (χ0v) is 16.2. The van der Waals surface area contributed by atoms with Gasteiger partial charge in [-0.1, -0.05) is 62.7 Å². The molecule has 1 amide bonds. The summed E-state index contributed by atoms with van der Waals surface area (Å²) in [5, 5.41) is 12.4. The number of aliphatic hydroxyl groups excluding tert-OH is 1. The van der Waals surface area contributed by atoms with Gasteiger partial charge in [-0.15, -0.1) is 0 Å². The van der Waals surface area contributed by atoms with Crippen molar-refractivity contribution in [3.05, 3.63) is 72.0 Å². The molecule has 0 aliphatic rings. The summed E-state index contributed by atoms with van der Waals surface area (Å²) < 4.78 is 5.78. The Morgan fingerprint density at radius 1 is 1.15 bits per heavy atom. The number of ether oxygens (including phenoxy) is 1. The monoisotopic (exact) mass is 367 g/mol. The molecule has 2 N–H and O–H groups in total. The van der Waals surface area contributed by atoms with E-state index >= 15 is 0 Å². The quantitative estimate of drug-likeness (QED) is 0.470. The molecule has 27 heavy (non-hydrogen) atoms. The minimum atomic E-state index is -0.293. The van der Waals surface area contributed by atoms with Crippen LogP contribution in [0.1, 0.15) is 37.8 Å². The molecule has 0 aromatic heterocycles. The highest BCUT2D eigenvalue weighted by Crippen LogP contribution is 2.20. The largest absolute Gasteiger partial charge is 0.515 e. The molecule has 0 saturated heterocycles. The van der Waals surface area contributed by atoms with E-state index in [1.807, 2.05) is 42.5 Å². The average Bonchev–Trinajstić information content (AvgIpc) is 2.69. The molecule has 144 valence electrons. The third-order valence-corrected chi connectivity index (χ3v) is 4.40. The Morgan fingerprint density at radius 3 is 2.48 bits per heavy atom. The summed E-state index contributed by atoms with van der Waals surface area (Å²) in [7, 11) is 0. The van der Waals surface area contributed by atoms with Gasteiger partial charge in [-0.25, -0.2) is 0 Å². The van der Waals surface area contributed by atoms with Crippen LogP contribution in [0.25, 0.3) is 5.57 Å². The highest BCUT2D eigenvalue weighted by Gasteiger charge is 2.12. The molecule has 1 unspecified atom stereocenters. The van der Waals surface area contributed by atoms with Gasteiger partial charge in [0, 0.05) is 6.54 Å². The normalized spacial score (nSPS) is 12.4. The Balaban J connectivity index is 1.87. The molecule has 2 aromatic rings. The highest BCUT2D eigenvalue weighted by atomic mass is 16.5. The van der Waals surface area contributed by atoms with Crippen LogP contribution >= 0.6 is 0 Å². The van der Waals surface area contributed by atoms with Gasteiger partial charge in [0.1, 0.15) is 5.75 Å². The second kappa shape index (κ2) is 11.1. The molecule has 0 aliphatic heterocycles. The minimum absolute atomic E-state index is 0.244. The summed E-state index contributed by atoms with van der Waals surface area (Å²) in [5.74, 6) is 0.986. The number of hydrogen-bond donors (Lipinski definition) is 2. The SMILES string of the molecule is CCCC(C)COc1ccc(C(=CO)C(=O)NCCc2ccccc2)cc1. The van der Waals surface area contributed by atoms with Crippen molar-refractivity contribution in [2.75, 3.05) is 13.2 Å². The summed E-state index contributed by atoms with van der Waals surface area (Å²) in [4.78, 5) is 12.4. The van der Waals surface area contributed by atoms with Crippen LogP contribution in [0.15, 0.2) is 60.9 Å². The molecule has 0 radical (unpaired) electrons. The Bertz CT molecular complexity index is 723. The zero-order valence-electron chi connectivity index (χ0n) is 16.2. The van der Waals surface area contributed by atoms with E-state index in [2.05, 4.69) is 19.2 Å². The van der Waals surface area contributed by atoms with Gasteiger partial charge in [0.15, 0.2) is 0 Å². The van der Waals surface area contributed by atoms with Gasteiger partial charge in [-0.3, -0.25) is 4.79 Å². The maximum atomic E-state index is 12.4. The number of aliphatic hydroxyl groups is 1. The maximum Gasteiger partial charge on any atom is 0.255 e. The third kappa shape index (κ3) is 6.81. The summed E-state index contributed by atoms with van der Waals surface area (Å²) >= 11 is 0. The Morgan fingerprint density at radius 2 is 1.85 bits per heavy atom. The van der Waals surface area contributed by atoms with Gasteiger partial charge in [0.2, 0.25) is 0 Å². The van der Waals surface area contributed by atoms with Crippen LogP contribution in [-0.4, -0.2) is 24.2 Å². The summed E-state index contributed by atoms with van der Waals surface area (Å²) in [6, 6.07) is 17.2. The van der Waals surface area contributed by atoms with Crippen LogP contribution in [0.3, 0.4) is 0 Å². The van der Waals surface area contributed by atoms with Crippen LogP contribution in [0.4, 0.5) is 0 Å². The Kier molecular flexibility index (Phi) is 8.43. The van der Waals surface area contributed by atoms with Crippen molar-refractivity contribution in [3.8, 4) is 5.75 Å². The molecule has 0 fully saturated rings. The standard InChI is InChI=1S/C23H29NO3/c1-3-7-18(2)17-27-21-12-10-20(11-13-21)22(16-25)23(26)24-15-14-19-8-5-4-6-9-19/h4-6,8-13,16,18,25H,3,7,14-15,17H2,1-2H3,(H,24,26). The second-order valence-electron chi connectivity index (χ2n) is 6.76. The van der Waals surface area contributed by atoms with Gasteiger partial charge in [0.25, 0.3) is 5.91 Å². The Labute approximate surface area is 161 Å². The number of benzene rings is 2. The Hall–Kier alpha value is -2.75. The molecule has 0 bridgehead atoms. The molecule has 0 saturated carbocycles. The van der Waals surface area contributed by atoms with Crippen molar-refractivity contribution >= 4 is 11.5 Å². The molecule has 2 rings (SSSR count). The molecule has 0 heterocycles. The molecule has 0 spiro atoms. The number of carbonyl (C=O) groups excluding carboxylic acids is 1. The number of amides is 1. The second-order valence-corrected chi connectivity index (χ2v) is 6.76. The molecule has 0 aliphatic carbocycles. The first-order chi connectivity index (χ1) is 13.1. The topological polar surface area (TPSA) is 58.6 Å². The highest BCUT2D eigenvalue weighted by molar-refractivity contribution is 6.19. The van der Waals surface area contributed by atoms with Crippen molar-refractivity contribution in [3.63, 3.8) is 0 Å². The van der Waals surface area contributed by atoms with Crippen LogP contribution in [-0.2, 0) is 11.2 Å². The van der Waals surface area contributed by atoms with Crippen LogP contribution in [0, 0.1) is 5.92 Å². The lowest BCUT2D eigenvalue weighted by Crippen LogP contribution is -2.26. The van der Waals surface area contributed by atoms with Crippen molar-refractivity contribution in [1.82, 2.24) is 5.32 Å². The lowest BCUT2D eigenvalue weighted by atomic mass is 10.1. The first-order valence-corrected chi connectivity index (χ1v) is 9.53. The first kappa shape index (κ1) is 20.6. The molecule has 4 heteroatoms. The zero-order chi connectivity index (χ0) is 19.5. The molecular formula is C23H29NO3. The smallest absolute Gasteiger partial charge is 0.255 e. The van der Waals surface area contributed by atoms with E-state index in [4.69, 9.17) is 4.74 Å². The van der Waals surface area contributed by atoms with Crippen molar-refractivity contribution < 1.29 is 14.6 Å². The van der Waals surface area contributed by atoms with Crippen LogP contribution in [0.5, 0.6) is 5.75 Å². The van der Waals surface area contributed by atoms with E-state index in [1.165, 1.54) is 0 Å². The maximum absolute atomic E-state index is 12.4. The summed E-state index contributed by atoms with van der Waals surface area (Å²) in [6.45, 7) is 5.52. The average molecular weight is 367 g/mol. The molecular weight excluding hydrogens is 338 g/mol. The van der Waals surface area contributed by atoms with Gasteiger partial charge in [-0.05, 0) is 42.0 Å². The number of rotatable bonds is 10. The van der Waals surface area contributed by atoms with E-state index in [-0.39, 0.29) is 11.5 Å². The minimum Gasteiger partial charge on any atom is -0.515 e. The fraction of sp³-hybridized carbons (Fsp3) is 0.348. The number of nitrogens with one attached hydrogen (secondary N) is 1. The predicted octanol–water partition coefficient (Wildman–Crippen LogP) is 4.76. The third-order valence-electron chi connectivity index (χ3n) is 4.40.